The van der Waals surface area contributed by atoms with Gasteiger partial charge in [0.1, 0.15) is 6.04 Å². The minimum absolute atomic E-state index is 0.00824. The lowest BCUT2D eigenvalue weighted by atomic mass is 10.00. The molecule has 2 unspecified atom stereocenters. The van der Waals surface area contributed by atoms with Crippen molar-refractivity contribution >= 4 is 5.97 Å². The molecule has 2 rings (SSSR count). The second kappa shape index (κ2) is 3.64. The van der Waals surface area contributed by atoms with Crippen LogP contribution in [-0.4, -0.2) is 49.8 Å². The lowest BCUT2D eigenvalue weighted by Gasteiger charge is -2.42. The zero-order valence-corrected chi connectivity index (χ0v) is 7.86. The van der Waals surface area contributed by atoms with Crippen LogP contribution in [0, 0.1) is 0 Å². The molecular formula is C9H15NO3. The third kappa shape index (κ3) is 1.56. The molecule has 2 atom stereocenters. The standard InChI is InChI=1S/C9H15NO3/c1-12-6-7-2-4-10(7)8-3-5-13-9(8)11/h7-8H,2-6H2,1H3. The SMILES string of the molecule is COCC1CCN1C1CCOC1=O. The van der Waals surface area contributed by atoms with Crippen molar-refractivity contribution in [2.75, 3.05) is 26.9 Å². The highest BCUT2D eigenvalue weighted by Crippen LogP contribution is 2.25. The molecule has 4 nitrogen and oxygen atoms in total. The zero-order valence-electron chi connectivity index (χ0n) is 7.86. The molecular weight excluding hydrogens is 170 g/mol. The van der Waals surface area contributed by atoms with Crippen LogP contribution in [0.3, 0.4) is 0 Å². The number of carbonyl (C=O) groups is 1. The zero-order chi connectivity index (χ0) is 9.26. The predicted octanol–water partition coefficient (Wildman–Crippen LogP) is 0.0226. The van der Waals surface area contributed by atoms with Gasteiger partial charge in [0.05, 0.1) is 13.2 Å². The smallest absolute Gasteiger partial charge is 0.323 e. The van der Waals surface area contributed by atoms with Gasteiger partial charge in [-0.3, -0.25) is 9.69 Å². The van der Waals surface area contributed by atoms with Crippen LogP contribution in [0.5, 0.6) is 0 Å². The van der Waals surface area contributed by atoms with Gasteiger partial charge in [-0.05, 0) is 6.42 Å². The summed E-state index contributed by atoms with van der Waals surface area (Å²) in [4.78, 5) is 13.4. The monoisotopic (exact) mass is 185 g/mol. The number of hydrogen-bond acceptors (Lipinski definition) is 4. The molecule has 0 radical (unpaired) electrons. The summed E-state index contributed by atoms with van der Waals surface area (Å²) in [6, 6.07) is 0.439. The van der Waals surface area contributed by atoms with Gasteiger partial charge < -0.3 is 9.47 Å². The number of likely N-dealkylation sites (tertiary alicyclic amines) is 1. The maximum absolute atomic E-state index is 11.3. The van der Waals surface area contributed by atoms with Crippen molar-refractivity contribution in [2.45, 2.75) is 24.9 Å². The van der Waals surface area contributed by atoms with Crippen LogP contribution in [-0.2, 0) is 14.3 Å². The van der Waals surface area contributed by atoms with Gasteiger partial charge in [0, 0.05) is 26.1 Å². The first kappa shape index (κ1) is 8.97. The number of cyclic esters (lactones) is 1. The Hall–Kier alpha value is -0.610. The highest BCUT2D eigenvalue weighted by molar-refractivity contribution is 5.77. The first-order valence-corrected chi connectivity index (χ1v) is 4.74. The van der Waals surface area contributed by atoms with Gasteiger partial charge in [0.25, 0.3) is 0 Å². The lowest BCUT2D eigenvalue weighted by Crippen LogP contribution is -2.56. The van der Waals surface area contributed by atoms with E-state index in [1.54, 1.807) is 7.11 Å². The van der Waals surface area contributed by atoms with Gasteiger partial charge in [0.2, 0.25) is 0 Å². The van der Waals surface area contributed by atoms with Gasteiger partial charge in [-0.15, -0.1) is 0 Å². The number of nitrogens with zero attached hydrogens (tertiary/aromatic N) is 1. The summed E-state index contributed by atoms with van der Waals surface area (Å²) in [5.74, 6) is -0.0548. The van der Waals surface area contributed by atoms with Crippen LogP contribution < -0.4 is 0 Å². The molecule has 0 amide bonds. The normalized spacial score (nSPS) is 34.4. The van der Waals surface area contributed by atoms with E-state index in [-0.39, 0.29) is 12.0 Å². The quantitative estimate of drug-likeness (QED) is 0.581. The van der Waals surface area contributed by atoms with Crippen LogP contribution in [0.1, 0.15) is 12.8 Å². The fourth-order valence-corrected chi connectivity index (χ4v) is 2.03. The summed E-state index contributed by atoms with van der Waals surface area (Å²) >= 11 is 0. The van der Waals surface area contributed by atoms with Crippen molar-refractivity contribution in [1.29, 1.82) is 0 Å². The maximum Gasteiger partial charge on any atom is 0.323 e. The van der Waals surface area contributed by atoms with Gasteiger partial charge >= 0.3 is 5.97 Å². The summed E-state index contributed by atoms with van der Waals surface area (Å²) in [5.41, 5.74) is 0. The number of carbonyl (C=O) groups excluding carboxylic acids is 1. The molecule has 2 aliphatic rings. The van der Waals surface area contributed by atoms with Crippen molar-refractivity contribution in [1.82, 2.24) is 4.90 Å². The highest BCUT2D eigenvalue weighted by atomic mass is 16.5. The number of esters is 1. The van der Waals surface area contributed by atoms with E-state index in [1.165, 1.54) is 0 Å². The van der Waals surface area contributed by atoms with Gasteiger partial charge in [0.15, 0.2) is 0 Å². The Morgan fingerprint density at radius 2 is 2.46 bits per heavy atom. The van der Waals surface area contributed by atoms with E-state index in [4.69, 9.17) is 9.47 Å². The third-order valence-corrected chi connectivity index (χ3v) is 2.86. The number of hydrogen-bond donors (Lipinski definition) is 0. The molecule has 2 aliphatic heterocycles. The van der Waals surface area contributed by atoms with E-state index < -0.39 is 0 Å². The topological polar surface area (TPSA) is 38.8 Å². The molecule has 0 spiro atoms. The van der Waals surface area contributed by atoms with Crippen molar-refractivity contribution in [3.63, 3.8) is 0 Å². The Kier molecular flexibility index (Phi) is 2.51. The van der Waals surface area contributed by atoms with Crippen LogP contribution in [0.2, 0.25) is 0 Å². The molecule has 0 aliphatic carbocycles. The Labute approximate surface area is 77.8 Å². The molecule has 2 heterocycles. The van der Waals surface area contributed by atoms with Crippen LogP contribution in [0.15, 0.2) is 0 Å². The predicted molar refractivity (Wildman–Crippen MR) is 46.4 cm³/mol. The Balaban J connectivity index is 1.89. The number of rotatable bonds is 3. The average molecular weight is 185 g/mol. The molecule has 0 saturated carbocycles. The van der Waals surface area contributed by atoms with Crippen LogP contribution in [0.25, 0.3) is 0 Å². The van der Waals surface area contributed by atoms with Crippen LogP contribution >= 0.6 is 0 Å². The first-order chi connectivity index (χ1) is 6.33. The van der Waals surface area contributed by atoms with Crippen molar-refractivity contribution in [2.24, 2.45) is 0 Å². The summed E-state index contributed by atoms with van der Waals surface area (Å²) in [7, 11) is 1.70. The Bertz CT molecular complexity index is 207. The average Bonchev–Trinajstić information content (AvgIpc) is 2.46. The molecule has 13 heavy (non-hydrogen) atoms. The molecule has 0 aromatic rings. The van der Waals surface area contributed by atoms with Crippen molar-refractivity contribution in [3.05, 3.63) is 0 Å². The minimum Gasteiger partial charge on any atom is -0.464 e. The van der Waals surface area contributed by atoms with E-state index in [2.05, 4.69) is 4.90 Å². The van der Waals surface area contributed by atoms with Gasteiger partial charge in [-0.1, -0.05) is 0 Å². The largest absolute Gasteiger partial charge is 0.464 e. The van der Waals surface area contributed by atoms with E-state index in [1.807, 2.05) is 0 Å². The molecule has 2 saturated heterocycles. The molecule has 0 aromatic heterocycles. The summed E-state index contributed by atoms with van der Waals surface area (Å²) in [6.07, 6.45) is 1.98. The van der Waals surface area contributed by atoms with Crippen LogP contribution in [0.4, 0.5) is 0 Å². The molecule has 0 aromatic carbocycles. The summed E-state index contributed by atoms with van der Waals surface area (Å²) in [5, 5.41) is 0. The number of ether oxygens (including phenoxy) is 2. The minimum atomic E-state index is -0.0548. The van der Waals surface area contributed by atoms with Crippen molar-refractivity contribution in [3.8, 4) is 0 Å². The fourth-order valence-electron chi connectivity index (χ4n) is 2.03. The van der Waals surface area contributed by atoms with E-state index in [9.17, 15) is 4.79 Å². The second-order valence-corrected chi connectivity index (χ2v) is 3.61. The summed E-state index contributed by atoms with van der Waals surface area (Å²) in [6.45, 7) is 2.32. The Morgan fingerprint density at radius 1 is 1.62 bits per heavy atom. The third-order valence-electron chi connectivity index (χ3n) is 2.86. The van der Waals surface area contributed by atoms with E-state index >= 15 is 0 Å². The van der Waals surface area contributed by atoms with Gasteiger partial charge in [-0.25, -0.2) is 0 Å². The van der Waals surface area contributed by atoms with E-state index in [0.717, 1.165) is 26.0 Å². The lowest BCUT2D eigenvalue weighted by molar-refractivity contribution is -0.145. The molecule has 0 N–H and O–H groups in total. The van der Waals surface area contributed by atoms with Crippen molar-refractivity contribution < 1.29 is 14.3 Å². The molecule has 74 valence electrons. The molecule has 4 heteroatoms. The summed E-state index contributed by atoms with van der Waals surface area (Å²) < 4.78 is 10.0. The second-order valence-electron chi connectivity index (χ2n) is 3.61. The number of methoxy groups -OCH3 is 1. The van der Waals surface area contributed by atoms with Gasteiger partial charge in [-0.2, -0.15) is 0 Å². The molecule has 0 bridgehead atoms. The highest BCUT2D eigenvalue weighted by Gasteiger charge is 2.40. The molecule has 2 fully saturated rings. The maximum atomic E-state index is 11.3. The Morgan fingerprint density at radius 3 is 2.92 bits per heavy atom. The van der Waals surface area contributed by atoms with E-state index in [0.29, 0.717) is 12.6 Å². The first-order valence-electron chi connectivity index (χ1n) is 4.74. The fraction of sp³-hybridized carbons (Fsp3) is 0.889.